The minimum absolute atomic E-state index is 0.0394. The summed E-state index contributed by atoms with van der Waals surface area (Å²) >= 11 is 0. The Morgan fingerprint density at radius 1 is 0.957 bits per heavy atom. The molecule has 1 aliphatic rings. The summed E-state index contributed by atoms with van der Waals surface area (Å²) in [6.45, 7) is 3.74. The summed E-state index contributed by atoms with van der Waals surface area (Å²) in [5, 5.41) is 13.2. The molecule has 11 nitrogen and oxygen atoms in total. The second kappa shape index (κ2) is 17.6. The molecule has 5 amide bonds. The maximum absolute atomic E-state index is 14.6. The van der Waals surface area contributed by atoms with Crippen molar-refractivity contribution in [2.75, 3.05) is 13.7 Å². The van der Waals surface area contributed by atoms with Crippen molar-refractivity contribution in [1.82, 2.24) is 26.6 Å². The van der Waals surface area contributed by atoms with Gasteiger partial charge < -0.3 is 31.3 Å². The second-order valence-electron chi connectivity index (χ2n) is 11.3. The van der Waals surface area contributed by atoms with Crippen LogP contribution in [0.5, 0.6) is 0 Å². The molecule has 46 heavy (non-hydrogen) atoms. The highest BCUT2D eigenvalue weighted by Gasteiger charge is 2.31. The predicted octanol–water partition coefficient (Wildman–Crippen LogP) is 2.44. The average Bonchev–Trinajstić information content (AvgIpc) is 3.02. The Bertz CT molecular complexity index is 1420. The highest BCUT2D eigenvalue weighted by Crippen LogP contribution is 2.13. The van der Waals surface area contributed by atoms with E-state index in [0.29, 0.717) is 24.9 Å². The molecule has 1 aliphatic heterocycles. The summed E-state index contributed by atoms with van der Waals surface area (Å²) < 4.78 is 33.8. The number of ether oxygens (including phenoxy) is 1. The number of benzene rings is 2. The molecule has 4 atom stereocenters. The molecule has 248 valence electrons. The molecule has 0 saturated carbocycles. The van der Waals surface area contributed by atoms with Gasteiger partial charge in [0.25, 0.3) is 0 Å². The Labute approximate surface area is 266 Å². The molecule has 0 aromatic heterocycles. The number of carbonyl (C=O) groups is 5. The first-order valence-corrected chi connectivity index (χ1v) is 15.2. The van der Waals surface area contributed by atoms with Gasteiger partial charge in [0.15, 0.2) is 0 Å². The quantitative estimate of drug-likeness (QED) is 0.251. The van der Waals surface area contributed by atoms with Gasteiger partial charge in [-0.1, -0.05) is 56.3 Å². The van der Waals surface area contributed by atoms with Gasteiger partial charge >= 0.3 is 12.0 Å². The van der Waals surface area contributed by atoms with Crippen LogP contribution in [0.3, 0.4) is 0 Å². The van der Waals surface area contributed by atoms with E-state index in [1.807, 2.05) is 0 Å². The number of methoxy groups -OCH3 is 1. The molecule has 0 aliphatic carbocycles. The van der Waals surface area contributed by atoms with Crippen LogP contribution in [0.25, 0.3) is 0 Å². The number of amides is 5. The highest BCUT2D eigenvalue weighted by molar-refractivity contribution is 5.93. The van der Waals surface area contributed by atoms with Crippen LogP contribution in [0.2, 0.25) is 0 Å². The van der Waals surface area contributed by atoms with Gasteiger partial charge in [-0.3, -0.25) is 14.4 Å². The third-order valence-electron chi connectivity index (χ3n) is 7.47. The third kappa shape index (κ3) is 11.0. The number of halogens is 2. The Morgan fingerprint density at radius 2 is 1.61 bits per heavy atom. The van der Waals surface area contributed by atoms with Gasteiger partial charge in [0, 0.05) is 19.0 Å². The van der Waals surface area contributed by atoms with Crippen molar-refractivity contribution in [2.24, 2.45) is 5.92 Å². The number of hydrogen-bond donors (Lipinski definition) is 5. The number of hydrogen-bond acceptors (Lipinski definition) is 6. The standard InChI is InChI=1S/C33H41F2N5O6/c1-20(2)29(32(44)46-3)40-33(45)39-27(19-22-11-5-7-13-25(22)35)31(43)38-26-14-8-9-17-36-28(41)16-15-23(37-30(26)42)18-21-10-4-6-12-24(21)34/h4-7,10-13,15-16,20,23,26-27,29H,8-9,14,17-19H2,1-3H3,(H,36,41)(H,37,42)(H,38,43)(H2,39,40,45)/b16-15+/t23-,26+,27?,29?/m1/s1. The fourth-order valence-corrected chi connectivity index (χ4v) is 4.90. The van der Waals surface area contributed by atoms with Crippen LogP contribution in [0.4, 0.5) is 13.6 Å². The zero-order valence-corrected chi connectivity index (χ0v) is 26.1. The second-order valence-corrected chi connectivity index (χ2v) is 11.3. The number of esters is 1. The Morgan fingerprint density at radius 3 is 2.24 bits per heavy atom. The van der Waals surface area contributed by atoms with Crippen LogP contribution in [-0.2, 0) is 36.8 Å². The Kier molecular flexibility index (Phi) is 13.7. The first kappa shape index (κ1) is 35.7. The number of rotatable bonds is 10. The Hall–Kier alpha value is -4.81. The van der Waals surface area contributed by atoms with Gasteiger partial charge in [-0.2, -0.15) is 0 Å². The zero-order valence-electron chi connectivity index (χ0n) is 26.1. The lowest BCUT2D eigenvalue weighted by molar-refractivity contribution is -0.144. The summed E-state index contributed by atoms with van der Waals surface area (Å²) in [6, 6.07) is 6.72. The first-order valence-electron chi connectivity index (χ1n) is 15.2. The smallest absolute Gasteiger partial charge is 0.328 e. The summed E-state index contributed by atoms with van der Waals surface area (Å²) in [5.41, 5.74) is 0.461. The topological polar surface area (TPSA) is 155 Å². The lowest BCUT2D eigenvalue weighted by Gasteiger charge is -2.26. The summed E-state index contributed by atoms with van der Waals surface area (Å²) in [6.07, 6.45) is 3.65. The van der Waals surface area contributed by atoms with E-state index >= 15 is 0 Å². The van der Waals surface area contributed by atoms with E-state index < -0.39 is 59.6 Å². The molecular weight excluding hydrogens is 600 g/mol. The van der Waals surface area contributed by atoms with Gasteiger partial charge in [0.05, 0.1) is 13.2 Å². The number of carbonyl (C=O) groups excluding carboxylic acids is 5. The molecule has 2 unspecified atom stereocenters. The summed E-state index contributed by atoms with van der Waals surface area (Å²) in [7, 11) is 1.18. The summed E-state index contributed by atoms with van der Waals surface area (Å²) in [5.74, 6) is -3.79. The lowest BCUT2D eigenvalue weighted by Crippen LogP contribution is -2.58. The van der Waals surface area contributed by atoms with Gasteiger partial charge in [0.2, 0.25) is 17.7 Å². The predicted molar refractivity (Wildman–Crippen MR) is 166 cm³/mol. The van der Waals surface area contributed by atoms with Crippen LogP contribution >= 0.6 is 0 Å². The van der Waals surface area contributed by atoms with E-state index in [-0.39, 0.29) is 36.7 Å². The zero-order chi connectivity index (χ0) is 33.6. The molecule has 0 bridgehead atoms. The minimum Gasteiger partial charge on any atom is -0.467 e. The van der Waals surface area contributed by atoms with Crippen LogP contribution < -0.4 is 26.6 Å². The molecule has 3 rings (SSSR count). The highest BCUT2D eigenvalue weighted by atomic mass is 19.1. The normalized spacial score (nSPS) is 19.3. The average molecular weight is 642 g/mol. The van der Waals surface area contributed by atoms with Crippen molar-refractivity contribution < 1.29 is 37.5 Å². The van der Waals surface area contributed by atoms with Gasteiger partial charge in [0.1, 0.15) is 29.8 Å². The van der Waals surface area contributed by atoms with Gasteiger partial charge in [-0.25, -0.2) is 18.4 Å². The minimum atomic E-state index is -1.34. The van der Waals surface area contributed by atoms with Crippen molar-refractivity contribution in [3.8, 4) is 0 Å². The van der Waals surface area contributed by atoms with Crippen LogP contribution in [0.1, 0.15) is 44.2 Å². The van der Waals surface area contributed by atoms with E-state index in [0.717, 1.165) is 0 Å². The Balaban J connectivity index is 1.84. The van der Waals surface area contributed by atoms with Crippen molar-refractivity contribution in [3.63, 3.8) is 0 Å². The van der Waals surface area contributed by atoms with Crippen molar-refractivity contribution >= 4 is 29.7 Å². The molecule has 0 radical (unpaired) electrons. The molecule has 0 saturated heterocycles. The van der Waals surface area contributed by atoms with E-state index in [1.54, 1.807) is 32.0 Å². The van der Waals surface area contributed by atoms with Gasteiger partial charge in [-0.05, 0) is 54.9 Å². The number of urea groups is 1. The van der Waals surface area contributed by atoms with E-state index in [4.69, 9.17) is 4.74 Å². The van der Waals surface area contributed by atoms with Crippen LogP contribution in [0.15, 0.2) is 60.7 Å². The molecule has 13 heteroatoms. The first-order chi connectivity index (χ1) is 22.0. The molecular formula is C33H41F2N5O6. The fraction of sp³-hybridized carbons (Fsp3) is 0.424. The molecule has 2 aromatic carbocycles. The SMILES string of the molecule is COC(=O)C(NC(=O)NC(Cc1ccccc1F)C(=O)N[C@H]1CCCCNC(=O)/C=C/[C@H](Cc2ccccc2F)NC1=O)C(C)C. The third-order valence-corrected chi connectivity index (χ3v) is 7.47. The maximum Gasteiger partial charge on any atom is 0.328 e. The largest absolute Gasteiger partial charge is 0.467 e. The van der Waals surface area contributed by atoms with Crippen molar-refractivity contribution in [1.29, 1.82) is 0 Å². The molecule has 0 spiro atoms. The molecule has 2 aromatic rings. The number of nitrogens with one attached hydrogen (secondary N) is 5. The molecule has 5 N–H and O–H groups in total. The fourth-order valence-electron chi connectivity index (χ4n) is 4.90. The molecule has 0 fully saturated rings. The van der Waals surface area contributed by atoms with Crippen LogP contribution in [0, 0.1) is 17.6 Å². The van der Waals surface area contributed by atoms with Gasteiger partial charge in [-0.15, -0.1) is 0 Å². The van der Waals surface area contributed by atoms with Crippen LogP contribution in [-0.4, -0.2) is 67.5 Å². The van der Waals surface area contributed by atoms with E-state index in [1.165, 1.54) is 49.6 Å². The van der Waals surface area contributed by atoms with Crippen molar-refractivity contribution in [3.05, 3.63) is 83.4 Å². The van der Waals surface area contributed by atoms with Crippen molar-refractivity contribution in [2.45, 2.75) is 70.1 Å². The lowest BCUT2D eigenvalue weighted by atomic mass is 10.0. The molecule has 1 heterocycles. The van der Waals surface area contributed by atoms with E-state index in [2.05, 4.69) is 26.6 Å². The van der Waals surface area contributed by atoms with E-state index in [9.17, 15) is 32.8 Å². The summed E-state index contributed by atoms with van der Waals surface area (Å²) in [4.78, 5) is 64.6. The monoisotopic (exact) mass is 641 g/mol. The maximum atomic E-state index is 14.6.